The van der Waals surface area contributed by atoms with Crippen LogP contribution in [-0.2, 0) is 11.3 Å². The van der Waals surface area contributed by atoms with Gasteiger partial charge < -0.3 is 15.0 Å². The van der Waals surface area contributed by atoms with Gasteiger partial charge in [0.05, 0.1) is 23.8 Å². The van der Waals surface area contributed by atoms with Gasteiger partial charge in [-0.3, -0.25) is 9.59 Å². The van der Waals surface area contributed by atoms with E-state index in [1.54, 1.807) is 24.0 Å². The number of aryl methyl sites for hydroxylation is 2. The Balaban J connectivity index is 1.77. The number of carbonyl (C=O) groups is 2. The number of morpholine rings is 1. The number of amides is 1. The first-order chi connectivity index (χ1) is 13.8. The highest BCUT2D eigenvalue weighted by molar-refractivity contribution is 6.34. The number of anilines is 1. The highest BCUT2D eigenvalue weighted by Gasteiger charge is 2.21. The predicted octanol–water partition coefficient (Wildman–Crippen LogP) is 4.55. The number of benzene rings is 2. The van der Waals surface area contributed by atoms with E-state index in [0.717, 1.165) is 33.5 Å². The molecular formula is C23H27ClN2O3. The fourth-order valence-corrected chi connectivity index (χ4v) is 4.23. The molecule has 1 aliphatic heterocycles. The molecule has 0 radical (unpaired) electrons. The Hall–Kier alpha value is -2.37. The van der Waals surface area contributed by atoms with Crippen LogP contribution in [0.4, 0.5) is 5.69 Å². The van der Waals surface area contributed by atoms with E-state index < -0.39 is 0 Å². The van der Waals surface area contributed by atoms with E-state index in [1.807, 2.05) is 19.9 Å². The lowest BCUT2D eigenvalue weighted by Gasteiger charge is -2.27. The molecule has 0 atom stereocenters. The minimum absolute atomic E-state index is 0.0684. The van der Waals surface area contributed by atoms with Crippen LogP contribution in [0.1, 0.15) is 49.9 Å². The molecule has 0 saturated carbocycles. The third kappa shape index (κ3) is 4.62. The lowest BCUT2D eigenvalue weighted by Crippen LogP contribution is -2.40. The van der Waals surface area contributed by atoms with Crippen molar-refractivity contribution in [1.29, 1.82) is 0 Å². The van der Waals surface area contributed by atoms with Crippen molar-refractivity contribution in [1.82, 2.24) is 4.90 Å². The van der Waals surface area contributed by atoms with Crippen molar-refractivity contribution in [2.24, 2.45) is 0 Å². The molecule has 6 heteroatoms. The quantitative estimate of drug-likeness (QED) is 0.729. The molecule has 2 aromatic rings. The molecule has 1 saturated heterocycles. The molecule has 0 bridgehead atoms. The zero-order valence-electron chi connectivity index (χ0n) is 17.4. The van der Waals surface area contributed by atoms with Crippen molar-refractivity contribution in [2.75, 3.05) is 31.6 Å². The molecule has 1 aliphatic rings. The molecule has 5 nitrogen and oxygen atoms in total. The Labute approximate surface area is 177 Å². The number of hydrogen-bond donors (Lipinski definition) is 1. The monoisotopic (exact) mass is 414 g/mol. The van der Waals surface area contributed by atoms with E-state index in [4.69, 9.17) is 16.3 Å². The second-order valence-electron chi connectivity index (χ2n) is 7.50. The number of ether oxygens (including phenoxy) is 1. The Bertz CT molecular complexity index is 950. The first kappa shape index (κ1) is 21.3. The van der Waals surface area contributed by atoms with Gasteiger partial charge in [-0.2, -0.15) is 0 Å². The average Bonchev–Trinajstić information content (AvgIpc) is 2.67. The van der Waals surface area contributed by atoms with E-state index in [0.29, 0.717) is 43.4 Å². The summed E-state index contributed by atoms with van der Waals surface area (Å²) in [7, 11) is 0. The maximum Gasteiger partial charge on any atom is 0.255 e. The average molecular weight is 415 g/mol. The summed E-state index contributed by atoms with van der Waals surface area (Å²) in [5, 5.41) is 3.80. The van der Waals surface area contributed by atoms with Crippen molar-refractivity contribution >= 4 is 29.0 Å². The van der Waals surface area contributed by atoms with Gasteiger partial charge in [0.1, 0.15) is 0 Å². The summed E-state index contributed by atoms with van der Waals surface area (Å²) >= 11 is 6.41. The third-order valence-electron chi connectivity index (χ3n) is 5.45. The van der Waals surface area contributed by atoms with Gasteiger partial charge >= 0.3 is 0 Å². The topological polar surface area (TPSA) is 58.6 Å². The van der Waals surface area contributed by atoms with Crippen molar-refractivity contribution < 1.29 is 14.3 Å². The maximum absolute atomic E-state index is 12.7. The number of carbonyl (C=O) groups excluding carboxylic acids is 2. The minimum atomic E-state index is -0.0684. The predicted molar refractivity (Wildman–Crippen MR) is 116 cm³/mol. The Morgan fingerprint density at radius 2 is 1.79 bits per heavy atom. The van der Waals surface area contributed by atoms with Gasteiger partial charge in [0.2, 0.25) is 0 Å². The molecule has 2 aromatic carbocycles. The van der Waals surface area contributed by atoms with Crippen LogP contribution in [-0.4, -0.2) is 42.9 Å². The van der Waals surface area contributed by atoms with Crippen molar-refractivity contribution in [3.63, 3.8) is 0 Å². The van der Waals surface area contributed by atoms with Crippen LogP contribution in [0.5, 0.6) is 0 Å². The summed E-state index contributed by atoms with van der Waals surface area (Å²) in [5.74, 6) is 0.0106. The number of Topliss-reactive ketones (excluding diaryl/α,β-unsaturated/α-hetero) is 1. The Morgan fingerprint density at radius 3 is 2.41 bits per heavy atom. The van der Waals surface area contributed by atoms with Crippen molar-refractivity contribution in [2.45, 2.75) is 34.2 Å². The smallest absolute Gasteiger partial charge is 0.255 e. The van der Waals surface area contributed by atoms with Crippen LogP contribution < -0.4 is 5.32 Å². The standard InChI is InChI=1S/C23H27ClN2O3/c1-14-11-15(2)22(17(4)27)16(3)20(14)13-25-18-5-6-19(21(24)12-18)23(28)26-7-9-29-10-8-26/h5-6,11-12,25H,7-10,13H2,1-4H3. The van der Waals surface area contributed by atoms with Gasteiger partial charge in [-0.25, -0.2) is 0 Å². The normalized spacial score (nSPS) is 14.0. The SMILES string of the molecule is CC(=O)c1c(C)cc(C)c(CNc2ccc(C(=O)N3CCOCC3)c(Cl)c2)c1C. The second-order valence-corrected chi connectivity index (χ2v) is 7.91. The number of hydrogen-bond acceptors (Lipinski definition) is 4. The van der Waals surface area contributed by atoms with Crippen LogP contribution in [0.25, 0.3) is 0 Å². The van der Waals surface area contributed by atoms with Gasteiger partial charge in [-0.05, 0) is 68.1 Å². The minimum Gasteiger partial charge on any atom is -0.381 e. The van der Waals surface area contributed by atoms with Crippen LogP contribution >= 0.6 is 11.6 Å². The summed E-state index contributed by atoms with van der Waals surface area (Å²) in [6, 6.07) is 7.46. The second kappa shape index (κ2) is 8.97. The molecule has 1 heterocycles. The highest BCUT2D eigenvalue weighted by atomic mass is 35.5. The summed E-state index contributed by atoms with van der Waals surface area (Å²) in [5.41, 5.74) is 6.38. The van der Waals surface area contributed by atoms with E-state index in [2.05, 4.69) is 18.3 Å². The zero-order chi connectivity index (χ0) is 21.1. The molecule has 0 aromatic heterocycles. The lowest BCUT2D eigenvalue weighted by atomic mass is 9.91. The van der Waals surface area contributed by atoms with Crippen molar-refractivity contribution in [3.05, 3.63) is 62.7 Å². The first-order valence-corrected chi connectivity index (χ1v) is 10.2. The number of halogens is 1. The summed E-state index contributed by atoms with van der Waals surface area (Å²) in [6.07, 6.45) is 0. The molecular weight excluding hydrogens is 388 g/mol. The first-order valence-electron chi connectivity index (χ1n) is 9.80. The summed E-state index contributed by atoms with van der Waals surface area (Å²) in [6.45, 7) is 10.5. The number of nitrogens with one attached hydrogen (secondary N) is 1. The fraction of sp³-hybridized carbons (Fsp3) is 0.391. The molecule has 0 spiro atoms. The maximum atomic E-state index is 12.7. The van der Waals surface area contributed by atoms with Crippen LogP contribution in [0.3, 0.4) is 0 Å². The van der Waals surface area contributed by atoms with Crippen LogP contribution in [0, 0.1) is 20.8 Å². The molecule has 154 valence electrons. The lowest BCUT2D eigenvalue weighted by molar-refractivity contribution is 0.0303. The van der Waals surface area contributed by atoms with Gasteiger partial charge in [-0.15, -0.1) is 0 Å². The molecule has 1 fully saturated rings. The van der Waals surface area contributed by atoms with E-state index in [1.165, 1.54) is 0 Å². The molecule has 1 amide bonds. The number of rotatable bonds is 5. The van der Waals surface area contributed by atoms with E-state index >= 15 is 0 Å². The van der Waals surface area contributed by atoms with E-state index in [9.17, 15) is 9.59 Å². The van der Waals surface area contributed by atoms with Gasteiger partial charge in [0, 0.05) is 30.9 Å². The summed E-state index contributed by atoms with van der Waals surface area (Å²) in [4.78, 5) is 26.5. The molecule has 3 rings (SSSR count). The van der Waals surface area contributed by atoms with Gasteiger partial charge in [-0.1, -0.05) is 17.7 Å². The molecule has 29 heavy (non-hydrogen) atoms. The largest absolute Gasteiger partial charge is 0.381 e. The third-order valence-corrected chi connectivity index (χ3v) is 5.76. The van der Waals surface area contributed by atoms with Gasteiger partial charge in [0.15, 0.2) is 5.78 Å². The Kier molecular flexibility index (Phi) is 6.60. The molecule has 1 N–H and O–H groups in total. The molecule has 0 unspecified atom stereocenters. The van der Waals surface area contributed by atoms with Crippen molar-refractivity contribution in [3.8, 4) is 0 Å². The number of ketones is 1. The molecule has 0 aliphatic carbocycles. The Morgan fingerprint density at radius 1 is 1.10 bits per heavy atom. The highest BCUT2D eigenvalue weighted by Crippen LogP contribution is 2.26. The fourth-order valence-electron chi connectivity index (χ4n) is 3.97. The number of nitrogens with zero attached hydrogens (tertiary/aromatic N) is 1. The van der Waals surface area contributed by atoms with Crippen LogP contribution in [0.15, 0.2) is 24.3 Å². The van der Waals surface area contributed by atoms with Gasteiger partial charge in [0.25, 0.3) is 5.91 Å². The summed E-state index contributed by atoms with van der Waals surface area (Å²) < 4.78 is 5.30. The van der Waals surface area contributed by atoms with E-state index in [-0.39, 0.29) is 11.7 Å². The van der Waals surface area contributed by atoms with Crippen LogP contribution in [0.2, 0.25) is 5.02 Å². The zero-order valence-corrected chi connectivity index (χ0v) is 18.2.